The van der Waals surface area contributed by atoms with Crippen molar-refractivity contribution in [2.45, 2.75) is 17.4 Å². The number of hydrogen-bond acceptors (Lipinski definition) is 4. The van der Waals surface area contributed by atoms with Crippen LogP contribution in [0.2, 0.25) is 5.02 Å². The molecule has 1 unspecified atom stereocenters. The number of pyridine rings is 1. The monoisotopic (exact) mass is 361 g/mol. The summed E-state index contributed by atoms with van der Waals surface area (Å²) in [5.41, 5.74) is 0. The molecular weight excluding hydrogens is 345 g/mol. The first-order valence-corrected chi connectivity index (χ1v) is 8.55. The molecule has 0 aliphatic carbocycles. The summed E-state index contributed by atoms with van der Waals surface area (Å²) in [4.78, 5) is 4.26. The zero-order chi connectivity index (χ0) is 15.0. The van der Waals surface area contributed by atoms with Gasteiger partial charge in [0.25, 0.3) is 0 Å². The van der Waals surface area contributed by atoms with Crippen LogP contribution in [0.5, 0.6) is 0 Å². The lowest BCUT2D eigenvalue weighted by Crippen LogP contribution is -2.33. The van der Waals surface area contributed by atoms with Crippen molar-refractivity contribution in [2.24, 2.45) is 0 Å². The fourth-order valence-corrected chi connectivity index (χ4v) is 4.75. The number of rotatable bonds is 3. The number of likely N-dealkylation sites (N-methyl/N-ethyl adjacent to an activating group) is 1. The average Bonchev–Trinajstić information content (AvgIpc) is 2.97. The molecule has 1 atom stereocenters. The van der Waals surface area contributed by atoms with E-state index in [2.05, 4.69) is 10.3 Å². The maximum Gasteiger partial charge on any atom is 0.243 e. The highest BCUT2D eigenvalue weighted by Gasteiger charge is 2.33. The quantitative estimate of drug-likeness (QED) is 0.910. The van der Waals surface area contributed by atoms with Crippen molar-refractivity contribution in [3.05, 3.63) is 35.6 Å². The Hall–Kier alpha value is -0.920. The summed E-state index contributed by atoms with van der Waals surface area (Å²) >= 11 is 6.17. The van der Waals surface area contributed by atoms with Crippen molar-refractivity contribution >= 4 is 44.8 Å². The van der Waals surface area contributed by atoms with Crippen molar-refractivity contribution in [3.63, 3.8) is 0 Å². The van der Waals surface area contributed by atoms with E-state index in [9.17, 15) is 8.42 Å². The number of aromatic nitrogens is 1. The van der Waals surface area contributed by atoms with Gasteiger partial charge >= 0.3 is 0 Å². The zero-order valence-electron chi connectivity index (χ0n) is 12.0. The highest BCUT2D eigenvalue weighted by Crippen LogP contribution is 2.31. The number of nitrogens with zero attached hydrogens (tertiary/aromatic N) is 2. The van der Waals surface area contributed by atoms with E-state index in [4.69, 9.17) is 11.6 Å². The summed E-state index contributed by atoms with van der Waals surface area (Å²) in [6, 6.07) is 5.34. The van der Waals surface area contributed by atoms with E-state index >= 15 is 0 Å². The molecular formula is C14H17Cl2N3O2S. The molecule has 1 fully saturated rings. The minimum Gasteiger partial charge on any atom is -0.316 e. The lowest BCUT2D eigenvalue weighted by Gasteiger charge is -2.18. The lowest BCUT2D eigenvalue weighted by molar-refractivity contribution is 0.465. The smallest absolute Gasteiger partial charge is 0.243 e. The van der Waals surface area contributed by atoms with E-state index < -0.39 is 10.0 Å². The fraction of sp³-hybridized carbons (Fsp3) is 0.357. The molecule has 0 saturated carbocycles. The standard InChI is InChI=1S/C14H16ClN3O2S.ClH/c1-16-11-5-6-18(9-11)21(19,20)13-4-2-3-10-7-17-8-12(15)14(10)13;/h2-4,7-8,11,16H,5-6,9H2,1H3;1H. The second-order valence-electron chi connectivity index (χ2n) is 5.11. The van der Waals surface area contributed by atoms with Gasteiger partial charge in [-0.3, -0.25) is 4.98 Å². The Balaban J connectivity index is 0.00000176. The predicted octanol–water partition coefficient (Wildman–Crippen LogP) is 2.29. The van der Waals surface area contributed by atoms with E-state index in [1.165, 1.54) is 10.5 Å². The van der Waals surface area contributed by atoms with Crippen LogP contribution in [0, 0.1) is 0 Å². The Bertz CT molecular complexity index is 778. The Morgan fingerprint density at radius 1 is 1.36 bits per heavy atom. The van der Waals surface area contributed by atoms with E-state index in [1.807, 2.05) is 13.1 Å². The third kappa shape index (κ3) is 2.94. The normalized spacial score (nSPS) is 19.3. The van der Waals surface area contributed by atoms with Crippen molar-refractivity contribution in [2.75, 3.05) is 20.1 Å². The molecule has 0 radical (unpaired) electrons. The van der Waals surface area contributed by atoms with Crippen LogP contribution in [-0.2, 0) is 10.0 Å². The van der Waals surface area contributed by atoms with Gasteiger partial charge in [-0.1, -0.05) is 23.7 Å². The van der Waals surface area contributed by atoms with Crippen molar-refractivity contribution < 1.29 is 8.42 Å². The molecule has 1 aliphatic heterocycles. The topological polar surface area (TPSA) is 62.3 Å². The largest absolute Gasteiger partial charge is 0.316 e. The second kappa shape index (κ2) is 6.68. The van der Waals surface area contributed by atoms with Crippen LogP contribution in [0.15, 0.2) is 35.5 Å². The van der Waals surface area contributed by atoms with Gasteiger partial charge in [-0.2, -0.15) is 4.31 Å². The average molecular weight is 362 g/mol. The molecule has 2 heterocycles. The molecule has 0 amide bonds. The summed E-state index contributed by atoms with van der Waals surface area (Å²) in [5, 5.41) is 4.75. The first-order valence-electron chi connectivity index (χ1n) is 6.73. The molecule has 0 spiro atoms. The molecule has 1 saturated heterocycles. The molecule has 22 heavy (non-hydrogen) atoms. The fourth-order valence-electron chi connectivity index (χ4n) is 2.70. The van der Waals surface area contributed by atoms with Crippen molar-refractivity contribution in [1.82, 2.24) is 14.6 Å². The molecule has 1 aliphatic rings. The molecule has 120 valence electrons. The summed E-state index contributed by atoms with van der Waals surface area (Å²) in [6.07, 6.45) is 3.92. The Morgan fingerprint density at radius 3 is 2.82 bits per heavy atom. The molecule has 3 rings (SSSR count). The third-order valence-corrected chi connectivity index (χ3v) is 6.07. The van der Waals surface area contributed by atoms with Crippen molar-refractivity contribution in [3.8, 4) is 0 Å². The first-order chi connectivity index (χ1) is 10.0. The SMILES string of the molecule is CNC1CCN(S(=O)(=O)c2cccc3cncc(Cl)c23)C1.Cl. The van der Waals surface area contributed by atoms with Crippen LogP contribution in [0.3, 0.4) is 0 Å². The zero-order valence-corrected chi connectivity index (χ0v) is 14.4. The highest BCUT2D eigenvalue weighted by molar-refractivity contribution is 7.89. The van der Waals surface area contributed by atoms with E-state index in [0.717, 1.165) is 11.8 Å². The maximum atomic E-state index is 12.9. The van der Waals surface area contributed by atoms with Gasteiger partial charge in [-0.15, -0.1) is 12.4 Å². The number of nitrogens with one attached hydrogen (secondary N) is 1. The van der Waals surface area contributed by atoms with Crippen LogP contribution in [0.4, 0.5) is 0 Å². The van der Waals surface area contributed by atoms with Crippen LogP contribution in [-0.4, -0.2) is 43.9 Å². The molecule has 8 heteroatoms. The Morgan fingerprint density at radius 2 is 2.14 bits per heavy atom. The summed E-state index contributed by atoms with van der Waals surface area (Å²) < 4.78 is 27.3. The van der Waals surface area contributed by atoms with Gasteiger partial charge < -0.3 is 5.32 Å². The van der Waals surface area contributed by atoms with Gasteiger partial charge in [0.05, 0.1) is 9.92 Å². The van der Waals surface area contributed by atoms with E-state index in [-0.39, 0.29) is 23.3 Å². The van der Waals surface area contributed by atoms with Gasteiger partial charge in [-0.05, 0) is 19.5 Å². The summed E-state index contributed by atoms with van der Waals surface area (Å²) in [7, 11) is -1.70. The summed E-state index contributed by atoms with van der Waals surface area (Å²) in [6.45, 7) is 1.00. The maximum absolute atomic E-state index is 12.9. The van der Waals surface area contributed by atoms with Gasteiger partial charge in [0.1, 0.15) is 0 Å². The summed E-state index contributed by atoms with van der Waals surface area (Å²) in [5.74, 6) is 0. The molecule has 5 nitrogen and oxygen atoms in total. The van der Waals surface area contributed by atoms with Gasteiger partial charge in [0.15, 0.2) is 0 Å². The number of hydrogen-bond donors (Lipinski definition) is 1. The van der Waals surface area contributed by atoms with Crippen LogP contribution < -0.4 is 5.32 Å². The predicted molar refractivity (Wildman–Crippen MR) is 90.2 cm³/mol. The van der Waals surface area contributed by atoms with E-state index in [1.54, 1.807) is 18.3 Å². The van der Waals surface area contributed by atoms with Gasteiger partial charge in [0, 0.05) is 42.3 Å². The number of halogens is 2. The van der Waals surface area contributed by atoms with Crippen LogP contribution >= 0.6 is 24.0 Å². The minimum absolute atomic E-state index is 0. The highest BCUT2D eigenvalue weighted by atomic mass is 35.5. The number of sulfonamides is 1. The van der Waals surface area contributed by atoms with E-state index in [0.29, 0.717) is 23.5 Å². The second-order valence-corrected chi connectivity index (χ2v) is 7.43. The Labute approximate surface area is 141 Å². The third-order valence-electron chi connectivity index (χ3n) is 3.88. The lowest BCUT2D eigenvalue weighted by atomic mass is 10.2. The first kappa shape index (κ1) is 17.4. The molecule has 1 aromatic heterocycles. The number of fused-ring (bicyclic) bond motifs is 1. The molecule has 1 N–H and O–H groups in total. The van der Waals surface area contributed by atoms with Crippen LogP contribution in [0.1, 0.15) is 6.42 Å². The van der Waals surface area contributed by atoms with Crippen molar-refractivity contribution in [1.29, 1.82) is 0 Å². The Kier molecular flexibility index (Phi) is 5.29. The van der Waals surface area contributed by atoms with Gasteiger partial charge in [-0.25, -0.2) is 8.42 Å². The number of benzene rings is 1. The molecule has 2 aromatic rings. The molecule has 1 aromatic carbocycles. The van der Waals surface area contributed by atoms with Gasteiger partial charge in [0.2, 0.25) is 10.0 Å². The molecule has 0 bridgehead atoms. The van der Waals surface area contributed by atoms with Crippen LogP contribution in [0.25, 0.3) is 10.8 Å². The minimum atomic E-state index is -3.55.